The number of carbonyl (C=O) groups excluding carboxylic acids is 1. The Morgan fingerprint density at radius 2 is 1.87 bits per heavy atom. The Bertz CT molecular complexity index is 1190. The van der Waals surface area contributed by atoms with Crippen molar-refractivity contribution in [1.82, 2.24) is 4.98 Å². The lowest BCUT2D eigenvalue weighted by atomic mass is 9.96. The van der Waals surface area contributed by atoms with E-state index in [-0.39, 0.29) is 12.5 Å². The van der Waals surface area contributed by atoms with Crippen molar-refractivity contribution in [2.45, 2.75) is 32.6 Å². The van der Waals surface area contributed by atoms with Crippen molar-refractivity contribution in [2.75, 3.05) is 11.9 Å². The highest BCUT2D eigenvalue weighted by Crippen LogP contribution is 2.46. The van der Waals surface area contributed by atoms with Gasteiger partial charge in [-0.25, -0.2) is 4.98 Å². The molecule has 0 aliphatic heterocycles. The van der Waals surface area contributed by atoms with E-state index in [4.69, 9.17) is 9.72 Å². The SMILES string of the molecule is Cc1ccccc1OCC(=O)Nc1sc2c(c1-c1nc3ccccc3s1)CCCC2. The van der Waals surface area contributed by atoms with Gasteiger partial charge in [0.05, 0.1) is 10.2 Å². The molecule has 0 saturated heterocycles. The van der Waals surface area contributed by atoms with Crippen molar-refractivity contribution in [2.24, 2.45) is 0 Å². The summed E-state index contributed by atoms with van der Waals surface area (Å²) in [6.45, 7) is 1.97. The van der Waals surface area contributed by atoms with Gasteiger partial charge in [-0.1, -0.05) is 30.3 Å². The number of carbonyl (C=O) groups is 1. The molecule has 0 saturated carbocycles. The number of nitrogens with zero attached hydrogens (tertiary/aromatic N) is 1. The lowest BCUT2D eigenvalue weighted by Gasteiger charge is -2.12. The van der Waals surface area contributed by atoms with Crippen LogP contribution >= 0.6 is 22.7 Å². The van der Waals surface area contributed by atoms with Crippen LogP contribution in [-0.2, 0) is 17.6 Å². The predicted octanol–water partition coefficient (Wildman–Crippen LogP) is 6.23. The first kappa shape index (κ1) is 19.3. The van der Waals surface area contributed by atoms with E-state index in [0.29, 0.717) is 0 Å². The van der Waals surface area contributed by atoms with Crippen LogP contribution in [0.3, 0.4) is 0 Å². The van der Waals surface area contributed by atoms with E-state index >= 15 is 0 Å². The van der Waals surface area contributed by atoms with Crippen LogP contribution in [0.15, 0.2) is 48.5 Å². The first-order valence-electron chi connectivity index (χ1n) is 10.2. The van der Waals surface area contributed by atoms with Gasteiger partial charge >= 0.3 is 0 Å². The molecule has 0 atom stereocenters. The summed E-state index contributed by atoms with van der Waals surface area (Å²) in [7, 11) is 0. The highest BCUT2D eigenvalue weighted by atomic mass is 32.1. The van der Waals surface area contributed by atoms with Gasteiger partial charge in [-0.3, -0.25) is 4.79 Å². The number of anilines is 1. The van der Waals surface area contributed by atoms with Gasteiger partial charge in [0.25, 0.3) is 5.91 Å². The maximum atomic E-state index is 12.7. The number of nitrogens with one attached hydrogen (secondary N) is 1. The molecule has 0 fully saturated rings. The lowest BCUT2D eigenvalue weighted by molar-refractivity contribution is -0.118. The van der Waals surface area contributed by atoms with E-state index in [1.54, 1.807) is 22.7 Å². The summed E-state index contributed by atoms with van der Waals surface area (Å²) in [5.41, 5.74) is 4.50. The number of hydrogen-bond donors (Lipinski definition) is 1. The van der Waals surface area contributed by atoms with E-state index in [9.17, 15) is 4.79 Å². The number of aromatic nitrogens is 1. The van der Waals surface area contributed by atoms with Gasteiger partial charge in [-0.2, -0.15) is 0 Å². The molecule has 1 aliphatic carbocycles. The number of para-hydroxylation sites is 2. The van der Waals surface area contributed by atoms with Crippen molar-refractivity contribution in [3.63, 3.8) is 0 Å². The summed E-state index contributed by atoms with van der Waals surface area (Å²) in [5.74, 6) is 0.601. The highest BCUT2D eigenvalue weighted by Gasteiger charge is 2.25. The van der Waals surface area contributed by atoms with Crippen LogP contribution in [0.4, 0.5) is 5.00 Å². The number of thiophene rings is 1. The molecule has 4 nitrogen and oxygen atoms in total. The topological polar surface area (TPSA) is 51.2 Å². The fraction of sp³-hybridized carbons (Fsp3) is 0.250. The molecule has 4 aromatic rings. The minimum atomic E-state index is -0.140. The van der Waals surface area contributed by atoms with Crippen LogP contribution in [0, 0.1) is 6.92 Å². The lowest BCUT2D eigenvalue weighted by Crippen LogP contribution is -2.20. The van der Waals surface area contributed by atoms with Crippen molar-refractivity contribution in [3.05, 3.63) is 64.5 Å². The summed E-state index contributed by atoms with van der Waals surface area (Å²) in [6.07, 6.45) is 4.52. The third-order valence-corrected chi connectivity index (χ3v) is 7.65. The molecule has 1 aliphatic rings. The Morgan fingerprint density at radius 3 is 2.73 bits per heavy atom. The molecule has 0 unspecified atom stereocenters. The zero-order chi connectivity index (χ0) is 20.5. The quantitative estimate of drug-likeness (QED) is 0.405. The second-order valence-electron chi connectivity index (χ2n) is 7.50. The number of rotatable bonds is 5. The van der Waals surface area contributed by atoms with Gasteiger partial charge in [-0.05, 0) is 61.9 Å². The fourth-order valence-corrected chi connectivity index (χ4v) is 6.30. The molecule has 1 N–H and O–H groups in total. The average Bonchev–Trinajstić information content (AvgIpc) is 3.33. The fourth-order valence-electron chi connectivity index (χ4n) is 3.88. The third kappa shape index (κ3) is 3.73. The number of aryl methyl sites for hydroxylation is 2. The monoisotopic (exact) mass is 434 g/mol. The van der Waals surface area contributed by atoms with Crippen LogP contribution < -0.4 is 10.1 Å². The molecule has 0 bridgehead atoms. The summed E-state index contributed by atoms with van der Waals surface area (Å²) in [5, 5.41) is 5.02. The molecular formula is C24H22N2O2S2. The van der Waals surface area contributed by atoms with Crippen molar-refractivity contribution in [1.29, 1.82) is 0 Å². The summed E-state index contributed by atoms with van der Waals surface area (Å²) >= 11 is 3.39. The predicted molar refractivity (Wildman–Crippen MR) is 125 cm³/mol. The molecule has 0 radical (unpaired) electrons. The third-order valence-electron chi connectivity index (χ3n) is 5.38. The van der Waals surface area contributed by atoms with Crippen molar-refractivity contribution >= 4 is 43.8 Å². The smallest absolute Gasteiger partial charge is 0.262 e. The largest absolute Gasteiger partial charge is 0.483 e. The first-order chi connectivity index (χ1) is 14.7. The van der Waals surface area contributed by atoms with Gasteiger partial charge < -0.3 is 10.1 Å². The van der Waals surface area contributed by atoms with Crippen LogP contribution in [0.1, 0.15) is 28.8 Å². The minimum absolute atomic E-state index is 0.00724. The Kier molecular flexibility index (Phi) is 5.27. The maximum absolute atomic E-state index is 12.7. The molecular weight excluding hydrogens is 412 g/mol. The molecule has 2 heterocycles. The van der Waals surface area contributed by atoms with Gasteiger partial charge in [-0.15, -0.1) is 22.7 Å². The molecule has 152 valence electrons. The summed E-state index contributed by atoms with van der Waals surface area (Å²) in [6, 6.07) is 15.9. The standard InChI is InChI=1S/C24H22N2O2S2/c1-15-8-2-5-11-18(15)28-14-21(27)26-24-22(16-9-3-6-12-19(16)29-24)23-25-17-10-4-7-13-20(17)30-23/h2,4-5,7-8,10-11,13H,3,6,9,12,14H2,1H3,(H,26,27). The van der Waals surface area contributed by atoms with E-state index in [0.717, 1.165) is 45.2 Å². The molecule has 0 spiro atoms. The zero-order valence-corrected chi connectivity index (χ0v) is 18.4. The number of hydrogen-bond acceptors (Lipinski definition) is 5. The normalized spacial score (nSPS) is 13.2. The zero-order valence-electron chi connectivity index (χ0n) is 16.7. The van der Waals surface area contributed by atoms with Gasteiger partial charge in [0.2, 0.25) is 0 Å². The molecule has 1 amide bonds. The molecule has 6 heteroatoms. The van der Waals surface area contributed by atoms with E-state index in [2.05, 4.69) is 11.4 Å². The minimum Gasteiger partial charge on any atom is -0.483 e. The number of fused-ring (bicyclic) bond motifs is 2. The number of ether oxygens (including phenoxy) is 1. The average molecular weight is 435 g/mol. The van der Waals surface area contributed by atoms with Crippen LogP contribution in [0.25, 0.3) is 20.8 Å². The summed E-state index contributed by atoms with van der Waals surface area (Å²) < 4.78 is 6.92. The van der Waals surface area contributed by atoms with Crippen LogP contribution in [0.5, 0.6) is 5.75 Å². The summed E-state index contributed by atoms with van der Waals surface area (Å²) in [4.78, 5) is 19.0. The van der Waals surface area contributed by atoms with Gasteiger partial charge in [0.15, 0.2) is 6.61 Å². The Labute approximate surface area is 183 Å². The second kappa shape index (κ2) is 8.20. The van der Waals surface area contributed by atoms with Crippen molar-refractivity contribution < 1.29 is 9.53 Å². The van der Waals surface area contributed by atoms with E-state index in [1.165, 1.54) is 28.0 Å². The van der Waals surface area contributed by atoms with Gasteiger partial charge in [0, 0.05) is 10.4 Å². The molecule has 2 aromatic carbocycles. The first-order valence-corrected chi connectivity index (χ1v) is 11.8. The van der Waals surface area contributed by atoms with Gasteiger partial charge in [0.1, 0.15) is 15.8 Å². The molecule has 2 aromatic heterocycles. The Morgan fingerprint density at radius 1 is 1.07 bits per heavy atom. The highest BCUT2D eigenvalue weighted by molar-refractivity contribution is 7.22. The number of benzene rings is 2. The van der Waals surface area contributed by atoms with Crippen molar-refractivity contribution in [3.8, 4) is 16.3 Å². The second-order valence-corrected chi connectivity index (χ2v) is 9.64. The number of thiazole rings is 1. The van der Waals surface area contributed by atoms with Crippen LogP contribution in [-0.4, -0.2) is 17.5 Å². The van der Waals surface area contributed by atoms with Crippen LogP contribution in [0.2, 0.25) is 0 Å². The maximum Gasteiger partial charge on any atom is 0.262 e. The Balaban J connectivity index is 1.44. The Hall–Kier alpha value is -2.70. The molecule has 5 rings (SSSR count). The van der Waals surface area contributed by atoms with E-state index < -0.39 is 0 Å². The van der Waals surface area contributed by atoms with E-state index in [1.807, 2.05) is 49.4 Å². The number of amides is 1. The molecule has 30 heavy (non-hydrogen) atoms.